The van der Waals surface area contributed by atoms with E-state index in [0.717, 1.165) is 18.4 Å². The number of carbonyl (C=O) groups is 3. The van der Waals surface area contributed by atoms with Crippen molar-refractivity contribution < 1.29 is 19.1 Å². The smallest absolute Gasteiger partial charge is 0.246 e. The molecule has 0 bridgehead atoms. The van der Waals surface area contributed by atoms with Crippen molar-refractivity contribution in [2.24, 2.45) is 23.5 Å². The van der Waals surface area contributed by atoms with Crippen LogP contribution in [-0.2, 0) is 25.7 Å². The number of rotatable bonds is 11. The average molecular weight is 470 g/mol. The second kappa shape index (κ2) is 12.2. The van der Waals surface area contributed by atoms with E-state index in [2.05, 4.69) is 5.32 Å². The molecule has 0 spiro atoms. The van der Waals surface area contributed by atoms with E-state index < -0.39 is 23.8 Å². The number of carbonyl (C=O) groups excluding carboxylic acids is 3. The molecule has 1 saturated heterocycles. The van der Waals surface area contributed by atoms with Crippen LogP contribution in [0.3, 0.4) is 0 Å². The minimum Gasteiger partial charge on any atom is -0.372 e. The molecule has 2 aliphatic rings. The lowest BCUT2D eigenvalue weighted by atomic mass is 9.81. The number of ether oxygens (including phenoxy) is 1. The van der Waals surface area contributed by atoms with Crippen molar-refractivity contribution in [2.75, 3.05) is 6.54 Å². The Kier molecular flexibility index (Phi) is 9.28. The third-order valence-electron chi connectivity index (χ3n) is 6.77. The summed E-state index contributed by atoms with van der Waals surface area (Å²) in [5, 5.41) is 2.96. The molecule has 3 amide bonds. The molecule has 0 aliphatic carbocycles. The Hall–Kier alpha value is -2.67. The maximum absolute atomic E-state index is 13.4. The SMILES string of the molecule is CCC[C@H](C(N)=O)[C@H](CC(C)C)C(=O)N[C@H]1CC=C[C@@H]2C[C@@H](OCc3ccccc3)CN2C1=O. The van der Waals surface area contributed by atoms with Crippen LogP contribution in [0, 0.1) is 17.8 Å². The van der Waals surface area contributed by atoms with Crippen LogP contribution >= 0.6 is 0 Å². The third kappa shape index (κ3) is 6.69. The minimum atomic E-state index is -0.647. The zero-order chi connectivity index (χ0) is 24.7. The molecule has 3 N–H and O–H groups in total. The molecule has 0 radical (unpaired) electrons. The van der Waals surface area contributed by atoms with Crippen molar-refractivity contribution in [3.05, 3.63) is 48.0 Å². The normalized spacial score (nSPS) is 23.9. The van der Waals surface area contributed by atoms with Gasteiger partial charge >= 0.3 is 0 Å². The Morgan fingerprint density at radius 3 is 2.59 bits per heavy atom. The Labute approximate surface area is 203 Å². The van der Waals surface area contributed by atoms with Gasteiger partial charge in [-0.2, -0.15) is 0 Å². The first-order chi connectivity index (χ1) is 16.3. The van der Waals surface area contributed by atoms with Gasteiger partial charge in [0, 0.05) is 18.4 Å². The van der Waals surface area contributed by atoms with E-state index in [9.17, 15) is 14.4 Å². The fourth-order valence-electron chi connectivity index (χ4n) is 5.06. The summed E-state index contributed by atoms with van der Waals surface area (Å²) >= 11 is 0. The molecule has 2 heterocycles. The molecular weight excluding hydrogens is 430 g/mol. The fourth-order valence-corrected chi connectivity index (χ4v) is 5.06. The molecular formula is C27H39N3O4. The number of nitrogens with one attached hydrogen (secondary N) is 1. The molecule has 0 saturated carbocycles. The molecule has 0 aromatic heterocycles. The highest BCUT2D eigenvalue weighted by Gasteiger charge is 2.40. The zero-order valence-electron chi connectivity index (χ0n) is 20.6. The summed E-state index contributed by atoms with van der Waals surface area (Å²) in [6, 6.07) is 9.31. The van der Waals surface area contributed by atoms with Crippen LogP contribution in [0.1, 0.15) is 58.4 Å². The van der Waals surface area contributed by atoms with Gasteiger partial charge in [-0.1, -0.05) is 69.7 Å². The van der Waals surface area contributed by atoms with E-state index in [1.54, 1.807) is 0 Å². The van der Waals surface area contributed by atoms with E-state index in [1.807, 2.05) is 68.2 Å². The summed E-state index contributed by atoms with van der Waals surface area (Å²) in [6.07, 6.45) is 7.03. The highest BCUT2D eigenvalue weighted by atomic mass is 16.5. The number of hydrogen-bond donors (Lipinski definition) is 2. The van der Waals surface area contributed by atoms with Crippen LogP contribution < -0.4 is 11.1 Å². The van der Waals surface area contributed by atoms with Crippen LogP contribution in [0.4, 0.5) is 0 Å². The Bertz CT molecular complexity index is 870. The van der Waals surface area contributed by atoms with Crippen LogP contribution in [0.2, 0.25) is 0 Å². The number of amides is 3. The van der Waals surface area contributed by atoms with Gasteiger partial charge in [0.05, 0.1) is 18.8 Å². The molecule has 1 aromatic rings. The largest absolute Gasteiger partial charge is 0.372 e. The predicted molar refractivity (Wildman–Crippen MR) is 131 cm³/mol. The number of hydrogen-bond acceptors (Lipinski definition) is 4. The summed E-state index contributed by atoms with van der Waals surface area (Å²) in [7, 11) is 0. The molecule has 3 rings (SSSR count). The quantitative estimate of drug-likeness (QED) is 0.486. The fraction of sp³-hybridized carbons (Fsp3) is 0.593. The number of primary amides is 1. The number of nitrogens with zero attached hydrogens (tertiary/aromatic N) is 1. The van der Waals surface area contributed by atoms with E-state index in [1.165, 1.54) is 0 Å². The van der Waals surface area contributed by atoms with Crippen molar-refractivity contribution in [1.82, 2.24) is 10.2 Å². The number of benzene rings is 1. The van der Waals surface area contributed by atoms with Crippen LogP contribution in [-0.4, -0.2) is 47.4 Å². The predicted octanol–water partition coefficient (Wildman–Crippen LogP) is 3.18. The van der Waals surface area contributed by atoms with E-state index in [-0.39, 0.29) is 29.9 Å². The van der Waals surface area contributed by atoms with Gasteiger partial charge in [-0.25, -0.2) is 0 Å². The molecule has 1 aromatic carbocycles. The van der Waals surface area contributed by atoms with Gasteiger partial charge in [-0.3, -0.25) is 14.4 Å². The van der Waals surface area contributed by atoms with Crippen molar-refractivity contribution in [3.8, 4) is 0 Å². The van der Waals surface area contributed by atoms with Crippen molar-refractivity contribution in [2.45, 2.75) is 77.7 Å². The molecule has 0 unspecified atom stereocenters. The summed E-state index contributed by atoms with van der Waals surface area (Å²) in [4.78, 5) is 40.6. The van der Waals surface area contributed by atoms with Gasteiger partial charge in [0.2, 0.25) is 17.7 Å². The highest BCUT2D eigenvalue weighted by Crippen LogP contribution is 2.28. The monoisotopic (exact) mass is 469 g/mol. The maximum Gasteiger partial charge on any atom is 0.246 e. The molecule has 1 fully saturated rings. The summed E-state index contributed by atoms with van der Waals surface area (Å²) in [5.41, 5.74) is 6.76. The minimum absolute atomic E-state index is 0.0277. The molecule has 7 nitrogen and oxygen atoms in total. The topological polar surface area (TPSA) is 102 Å². The van der Waals surface area contributed by atoms with Gasteiger partial charge in [0.25, 0.3) is 0 Å². The van der Waals surface area contributed by atoms with Gasteiger partial charge in [-0.15, -0.1) is 0 Å². The molecule has 34 heavy (non-hydrogen) atoms. The van der Waals surface area contributed by atoms with Crippen LogP contribution in [0.5, 0.6) is 0 Å². The molecule has 186 valence electrons. The van der Waals surface area contributed by atoms with E-state index >= 15 is 0 Å². The Morgan fingerprint density at radius 2 is 1.94 bits per heavy atom. The first-order valence-electron chi connectivity index (χ1n) is 12.5. The van der Waals surface area contributed by atoms with Gasteiger partial charge in [0.1, 0.15) is 6.04 Å². The first kappa shape index (κ1) is 25.9. The second-order valence-electron chi connectivity index (χ2n) is 9.97. The standard InChI is InChI=1S/C27H39N3O4/c1-4-9-22(25(28)31)23(14-18(2)3)26(32)29-24-13-8-12-20-15-21(16-30(20)27(24)33)34-17-19-10-6-5-7-11-19/h5-8,10-12,18,20-24H,4,9,13-17H2,1-3H3,(H2,28,31)(H,29,32)/t20-,21-,22+,23+,24+/m1/s1. The number of nitrogens with two attached hydrogens (primary N) is 1. The summed E-state index contributed by atoms with van der Waals surface area (Å²) in [6.45, 7) is 7.03. The Morgan fingerprint density at radius 1 is 1.21 bits per heavy atom. The first-order valence-corrected chi connectivity index (χ1v) is 12.5. The van der Waals surface area contributed by atoms with Gasteiger partial charge in [-0.05, 0) is 37.2 Å². The number of fused-ring (bicyclic) bond motifs is 1. The summed E-state index contributed by atoms with van der Waals surface area (Å²) < 4.78 is 6.09. The van der Waals surface area contributed by atoms with Crippen molar-refractivity contribution in [3.63, 3.8) is 0 Å². The van der Waals surface area contributed by atoms with Crippen molar-refractivity contribution in [1.29, 1.82) is 0 Å². The summed E-state index contributed by atoms with van der Waals surface area (Å²) in [5.74, 6) is -1.64. The van der Waals surface area contributed by atoms with Gasteiger partial charge in [0.15, 0.2) is 0 Å². The van der Waals surface area contributed by atoms with Crippen LogP contribution in [0.15, 0.2) is 42.5 Å². The van der Waals surface area contributed by atoms with Gasteiger partial charge < -0.3 is 20.7 Å². The third-order valence-corrected chi connectivity index (χ3v) is 6.77. The zero-order valence-corrected chi connectivity index (χ0v) is 20.6. The molecule has 5 atom stereocenters. The second-order valence-corrected chi connectivity index (χ2v) is 9.97. The molecule has 7 heteroatoms. The van der Waals surface area contributed by atoms with E-state index in [4.69, 9.17) is 10.5 Å². The lowest BCUT2D eigenvalue weighted by Crippen LogP contribution is -2.51. The molecule has 2 aliphatic heterocycles. The maximum atomic E-state index is 13.4. The highest BCUT2D eigenvalue weighted by molar-refractivity contribution is 5.92. The van der Waals surface area contributed by atoms with E-state index in [0.29, 0.717) is 32.4 Å². The van der Waals surface area contributed by atoms with Crippen molar-refractivity contribution >= 4 is 17.7 Å². The lowest BCUT2D eigenvalue weighted by molar-refractivity contribution is -0.139. The van der Waals surface area contributed by atoms with Crippen LogP contribution in [0.25, 0.3) is 0 Å². The average Bonchev–Trinajstić information content (AvgIpc) is 3.16. The lowest BCUT2D eigenvalue weighted by Gasteiger charge is -2.29. The Balaban J connectivity index is 1.65.